The zero-order valence-corrected chi connectivity index (χ0v) is 4.85. The van der Waals surface area contributed by atoms with Gasteiger partial charge in [-0.05, 0) is 6.42 Å². The minimum atomic E-state index is -1.78. The summed E-state index contributed by atoms with van der Waals surface area (Å²) in [6.07, 6.45) is 0.814. The second-order valence-corrected chi connectivity index (χ2v) is 1.58. The summed E-state index contributed by atoms with van der Waals surface area (Å²) in [5.74, 6) is -1.26. The maximum absolute atomic E-state index is 10.1. The van der Waals surface area contributed by atoms with Crippen LogP contribution in [0.5, 0.6) is 0 Å². The second kappa shape index (κ2) is 3.43. The lowest BCUT2D eigenvalue weighted by Crippen LogP contribution is -2.29. The molecule has 0 aromatic heterocycles. The molecule has 0 aliphatic heterocycles. The Kier molecular flexibility index (Phi) is 2.39. The Morgan fingerprint density at radius 2 is 2.62 bits per heavy atom. The molecule has 0 rings (SSSR count). The normalized spacial score (nSPS) is 19.0. The van der Waals surface area contributed by atoms with E-state index in [-0.39, 0.29) is 6.42 Å². The minimum Gasteiger partial charge on any atom is -0.480 e. The summed E-state index contributed by atoms with van der Waals surface area (Å²) in [5.41, 5.74) is 5.04. The predicted octanol–water partition coefficient (Wildman–Crippen LogP) is 0.198. The largest absolute Gasteiger partial charge is 0.480 e. The molecule has 0 aliphatic rings. The standard InChI is InChI=1S/C5H11NO2/c1-2-3-4(6)5(7)8/h4H,2-3,6H2,1H3,(H,7,8)/t4-/m0/s1/i4D. The van der Waals surface area contributed by atoms with Crippen LogP contribution in [0.25, 0.3) is 0 Å². The highest BCUT2D eigenvalue weighted by Crippen LogP contribution is 1.91. The van der Waals surface area contributed by atoms with Gasteiger partial charge in [0, 0.05) is 0 Å². The van der Waals surface area contributed by atoms with E-state index in [0.717, 1.165) is 0 Å². The van der Waals surface area contributed by atoms with Crippen molar-refractivity contribution < 1.29 is 11.3 Å². The number of hydrogen-bond acceptors (Lipinski definition) is 2. The summed E-state index contributed by atoms with van der Waals surface area (Å²) in [5, 5.41) is 8.26. The first-order valence-electron chi connectivity index (χ1n) is 3.03. The van der Waals surface area contributed by atoms with Crippen molar-refractivity contribution in [3.63, 3.8) is 0 Å². The molecule has 0 unspecified atom stereocenters. The Morgan fingerprint density at radius 1 is 2.12 bits per heavy atom. The van der Waals surface area contributed by atoms with E-state index in [1.165, 1.54) is 0 Å². The van der Waals surface area contributed by atoms with Crippen LogP contribution in [-0.2, 0) is 4.79 Å². The first-order chi connectivity index (χ1) is 4.00. The number of nitrogens with two attached hydrogens (primary N) is 1. The summed E-state index contributed by atoms with van der Waals surface area (Å²) in [7, 11) is 0. The molecule has 0 spiro atoms. The van der Waals surface area contributed by atoms with Crippen molar-refractivity contribution in [2.45, 2.75) is 25.8 Å². The summed E-state index contributed by atoms with van der Waals surface area (Å²) in [4.78, 5) is 10.1. The van der Waals surface area contributed by atoms with Crippen LogP contribution in [0.2, 0.25) is 0 Å². The quantitative estimate of drug-likeness (QED) is 0.556. The summed E-state index contributed by atoms with van der Waals surface area (Å²) < 4.78 is 6.96. The molecule has 0 aromatic carbocycles. The fraction of sp³-hybridized carbons (Fsp3) is 0.800. The van der Waals surface area contributed by atoms with Gasteiger partial charge < -0.3 is 10.8 Å². The van der Waals surface area contributed by atoms with Crippen molar-refractivity contribution >= 4 is 5.97 Å². The van der Waals surface area contributed by atoms with Gasteiger partial charge in [0.1, 0.15) is 6.02 Å². The summed E-state index contributed by atoms with van der Waals surface area (Å²) in [6.45, 7) is 1.79. The molecule has 0 fully saturated rings. The molecule has 0 saturated carbocycles. The highest BCUT2D eigenvalue weighted by molar-refractivity contribution is 5.72. The molecule has 8 heavy (non-hydrogen) atoms. The fourth-order valence-corrected chi connectivity index (χ4v) is 0.376. The molecule has 0 aliphatic carbocycles. The number of rotatable bonds is 3. The Balaban J connectivity index is 3.85. The van der Waals surface area contributed by atoms with Gasteiger partial charge >= 0.3 is 5.97 Å². The SMILES string of the molecule is [2H][C@](N)(CCC)C(=O)O. The van der Waals surface area contributed by atoms with Crippen molar-refractivity contribution in [1.82, 2.24) is 0 Å². The van der Waals surface area contributed by atoms with E-state index in [4.69, 9.17) is 12.2 Å². The van der Waals surface area contributed by atoms with Gasteiger partial charge in [-0.25, -0.2) is 0 Å². The van der Waals surface area contributed by atoms with Gasteiger partial charge in [-0.1, -0.05) is 13.3 Å². The van der Waals surface area contributed by atoms with Gasteiger partial charge in [0.2, 0.25) is 0 Å². The molecule has 48 valence electrons. The Labute approximate surface area is 49.9 Å². The third kappa shape index (κ3) is 2.58. The number of carboxylic acids is 1. The third-order valence-corrected chi connectivity index (χ3v) is 0.794. The van der Waals surface area contributed by atoms with Crippen molar-refractivity contribution in [3.05, 3.63) is 0 Å². The molecule has 1 atom stereocenters. The lowest BCUT2D eigenvalue weighted by atomic mass is 10.2. The van der Waals surface area contributed by atoms with Crippen LogP contribution in [-0.4, -0.2) is 17.1 Å². The van der Waals surface area contributed by atoms with Gasteiger partial charge in [-0.15, -0.1) is 0 Å². The monoisotopic (exact) mass is 118 g/mol. The molecule has 3 N–H and O–H groups in total. The van der Waals surface area contributed by atoms with Gasteiger partial charge in [0.05, 0.1) is 1.37 Å². The Morgan fingerprint density at radius 3 is 2.75 bits per heavy atom. The van der Waals surface area contributed by atoms with E-state index in [1.54, 1.807) is 6.92 Å². The van der Waals surface area contributed by atoms with Crippen LogP contribution in [0.4, 0.5) is 0 Å². The summed E-state index contributed by atoms with van der Waals surface area (Å²) in [6, 6.07) is -1.78. The number of aliphatic carboxylic acids is 1. The summed E-state index contributed by atoms with van der Waals surface area (Å²) >= 11 is 0. The van der Waals surface area contributed by atoms with Gasteiger partial charge in [-0.2, -0.15) is 0 Å². The molecule has 0 saturated heterocycles. The number of hydrogen-bond donors (Lipinski definition) is 2. The van der Waals surface area contributed by atoms with Gasteiger partial charge in [0.15, 0.2) is 0 Å². The molecular weight excluding hydrogens is 106 g/mol. The lowest BCUT2D eigenvalue weighted by Gasteiger charge is -2.00. The maximum Gasteiger partial charge on any atom is 0.320 e. The van der Waals surface area contributed by atoms with Crippen LogP contribution in [0.1, 0.15) is 21.1 Å². The van der Waals surface area contributed by atoms with Crippen LogP contribution in [0.15, 0.2) is 0 Å². The molecule has 0 radical (unpaired) electrons. The van der Waals surface area contributed by atoms with E-state index < -0.39 is 12.0 Å². The van der Waals surface area contributed by atoms with E-state index in [9.17, 15) is 4.79 Å². The molecule has 3 nitrogen and oxygen atoms in total. The van der Waals surface area contributed by atoms with Crippen LogP contribution in [0, 0.1) is 0 Å². The minimum absolute atomic E-state index is 0.197. The molecule has 0 aromatic rings. The lowest BCUT2D eigenvalue weighted by molar-refractivity contribution is -0.138. The van der Waals surface area contributed by atoms with Crippen molar-refractivity contribution in [2.75, 3.05) is 0 Å². The van der Waals surface area contributed by atoms with Crippen LogP contribution >= 0.6 is 0 Å². The molecule has 0 heterocycles. The van der Waals surface area contributed by atoms with Crippen LogP contribution in [0.3, 0.4) is 0 Å². The van der Waals surface area contributed by atoms with Crippen LogP contribution < -0.4 is 5.73 Å². The highest BCUT2D eigenvalue weighted by Gasteiger charge is 2.07. The van der Waals surface area contributed by atoms with E-state index in [0.29, 0.717) is 6.42 Å². The molecule has 0 amide bonds. The zero-order valence-electron chi connectivity index (χ0n) is 5.85. The first-order valence-corrected chi connectivity index (χ1v) is 2.53. The van der Waals surface area contributed by atoms with Crippen molar-refractivity contribution in [1.29, 1.82) is 0 Å². The van der Waals surface area contributed by atoms with E-state index in [2.05, 4.69) is 0 Å². The van der Waals surface area contributed by atoms with Gasteiger partial charge in [-0.3, -0.25) is 4.79 Å². The average Bonchev–Trinajstić information content (AvgIpc) is 1.65. The molecule has 0 bridgehead atoms. The van der Waals surface area contributed by atoms with E-state index in [1.807, 2.05) is 0 Å². The van der Waals surface area contributed by atoms with Gasteiger partial charge in [0.25, 0.3) is 0 Å². The first kappa shape index (κ1) is 5.56. The van der Waals surface area contributed by atoms with Crippen molar-refractivity contribution in [3.8, 4) is 0 Å². The Bertz CT molecular complexity index is 114. The Hall–Kier alpha value is -0.570. The predicted molar refractivity (Wildman–Crippen MR) is 30.5 cm³/mol. The average molecular weight is 118 g/mol. The van der Waals surface area contributed by atoms with E-state index >= 15 is 0 Å². The third-order valence-electron chi connectivity index (χ3n) is 0.794. The second-order valence-electron chi connectivity index (χ2n) is 1.58. The smallest absolute Gasteiger partial charge is 0.320 e. The fourth-order valence-electron chi connectivity index (χ4n) is 0.376. The van der Waals surface area contributed by atoms with Crippen molar-refractivity contribution in [2.24, 2.45) is 5.73 Å². The number of carboxylic acid groups (broad SMARTS) is 1. The molecule has 3 heteroatoms. The molecular formula is C5H11NO2. The zero-order chi connectivity index (χ0) is 7.49. The topological polar surface area (TPSA) is 63.3 Å². The number of carbonyl (C=O) groups is 1. The maximum atomic E-state index is 10.1. The highest BCUT2D eigenvalue weighted by atomic mass is 16.4.